The molecule has 8 heteroatoms. The van der Waals surface area contributed by atoms with Gasteiger partial charge in [0.2, 0.25) is 17.6 Å². The van der Waals surface area contributed by atoms with Gasteiger partial charge in [-0.3, -0.25) is 9.59 Å². The van der Waals surface area contributed by atoms with Gasteiger partial charge in [-0.25, -0.2) is 0 Å². The first-order valence-corrected chi connectivity index (χ1v) is 8.41. The molecular formula is C18H26N2O6. The van der Waals surface area contributed by atoms with Gasteiger partial charge in [-0.2, -0.15) is 0 Å². The summed E-state index contributed by atoms with van der Waals surface area (Å²) in [6, 6.07) is 3.32. The van der Waals surface area contributed by atoms with E-state index >= 15 is 0 Å². The first kappa shape index (κ1) is 19.8. The number of carbonyl (C=O) groups excluding carboxylic acids is 2. The molecule has 1 aromatic carbocycles. The van der Waals surface area contributed by atoms with Gasteiger partial charge in [0.25, 0.3) is 0 Å². The normalized spacial score (nSPS) is 16.5. The summed E-state index contributed by atoms with van der Waals surface area (Å²) >= 11 is 0. The van der Waals surface area contributed by atoms with Gasteiger partial charge in [0.1, 0.15) is 0 Å². The lowest BCUT2D eigenvalue weighted by Crippen LogP contribution is -2.29. The van der Waals surface area contributed by atoms with Gasteiger partial charge in [-0.05, 0) is 6.42 Å². The zero-order valence-electron chi connectivity index (χ0n) is 15.7. The van der Waals surface area contributed by atoms with Gasteiger partial charge < -0.3 is 29.2 Å². The van der Waals surface area contributed by atoms with Crippen LogP contribution in [0.15, 0.2) is 12.1 Å². The summed E-state index contributed by atoms with van der Waals surface area (Å²) in [5, 5.41) is 2.83. The molecule has 1 unspecified atom stereocenters. The smallest absolute Gasteiger partial charge is 0.229 e. The molecule has 1 aliphatic rings. The Bertz CT molecular complexity index is 624. The van der Waals surface area contributed by atoms with E-state index in [0.717, 1.165) is 6.42 Å². The number of methoxy groups -OCH3 is 4. The molecule has 144 valence electrons. The van der Waals surface area contributed by atoms with Gasteiger partial charge in [0.05, 0.1) is 27.2 Å². The Morgan fingerprint density at radius 2 is 1.81 bits per heavy atom. The summed E-state index contributed by atoms with van der Waals surface area (Å²) in [6.45, 7) is 1.60. The molecule has 1 N–H and O–H groups in total. The van der Waals surface area contributed by atoms with E-state index in [1.807, 2.05) is 0 Å². The Morgan fingerprint density at radius 1 is 1.15 bits per heavy atom. The van der Waals surface area contributed by atoms with Crippen molar-refractivity contribution in [2.45, 2.75) is 12.8 Å². The molecule has 2 amide bonds. The van der Waals surface area contributed by atoms with Crippen LogP contribution < -0.4 is 19.5 Å². The number of nitrogens with one attached hydrogen (secondary N) is 1. The first-order valence-electron chi connectivity index (χ1n) is 8.41. The quantitative estimate of drug-likeness (QED) is 0.667. The molecule has 26 heavy (non-hydrogen) atoms. The van der Waals surface area contributed by atoms with Gasteiger partial charge in [0, 0.05) is 51.0 Å². The van der Waals surface area contributed by atoms with Crippen LogP contribution in [0.3, 0.4) is 0 Å². The van der Waals surface area contributed by atoms with Gasteiger partial charge >= 0.3 is 0 Å². The average molecular weight is 366 g/mol. The number of hydrogen-bond donors (Lipinski definition) is 1. The summed E-state index contributed by atoms with van der Waals surface area (Å²) in [5.74, 6) is 0.752. The van der Waals surface area contributed by atoms with E-state index in [1.165, 1.54) is 21.3 Å². The average Bonchev–Trinajstić information content (AvgIpc) is 3.02. The van der Waals surface area contributed by atoms with Crippen LogP contribution >= 0.6 is 0 Å². The second-order valence-corrected chi connectivity index (χ2v) is 5.99. The van der Waals surface area contributed by atoms with Gasteiger partial charge in [-0.1, -0.05) is 0 Å². The number of nitrogens with zero attached hydrogens (tertiary/aromatic N) is 1. The largest absolute Gasteiger partial charge is 0.493 e. The predicted molar refractivity (Wildman–Crippen MR) is 95.9 cm³/mol. The van der Waals surface area contributed by atoms with E-state index in [1.54, 1.807) is 24.1 Å². The van der Waals surface area contributed by atoms with Crippen LogP contribution in [0.4, 0.5) is 5.69 Å². The summed E-state index contributed by atoms with van der Waals surface area (Å²) < 4.78 is 20.8. The summed E-state index contributed by atoms with van der Waals surface area (Å²) in [7, 11) is 6.16. The second kappa shape index (κ2) is 9.28. The summed E-state index contributed by atoms with van der Waals surface area (Å²) in [6.07, 6.45) is 0.965. The van der Waals surface area contributed by atoms with Crippen molar-refractivity contribution in [2.24, 2.45) is 5.92 Å². The molecule has 1 aliphatic heterocycles. The number of ether oxygens (including phenoxy) is 4. The van der Waals surface area contributed by atoms with Crippen molar-refractivity contribution in [1.82, 2.24) is 4.90 Å². The molecular weight excluding hydrogens is 340 g/mol. The standard InChI is InChI=1S/C18H26N2O6/c1-23-7-5-6-20-11-12(8-16(20)21)18(22)19-13-9-14(24-2)17(26-4)15(10-13)25-3/h9-10,12H,5-8,11H2,1-4H3,(H,19,22). The predicted octanol–water partition coefficient (Wildman–Crippen LogP) is 1.54. The van der Waals surface area contributed by atoms with E-state index < -0.39 is 0 Å². The first-order chi connectivity index (χ1) is 12.5. The van der Waals surface area contributed by atoms with Crippen molar-refractivity contribution < 1.29 is 28.5 Å². The van der Waals surface area contributed by atoms with Crippen LogP contribution in [0, 0.1) is 5.92 Å². The number of anilines is 1. The van der Waals surface area contributed by atoms with E-state index in [0.29, 0.717) is 42.6 Å². The van der Waals surface area contributed by atoms with E-state index in [-0.39, 0.29) is 24.2 Å². The van der Waals surface area contributed by atoms with Crippen molar-refractivity contribution in [2.75, 3.05) is 53.5 Å². The van der Waals surface area contributed by atoms with Crippen LogP contribution in [0.1, 0.15) is 12.8 Å². The van der Waals surface area contributed by atoms with Crippen LogP contribution in [-0.4, -0.2) is 64.8 Å². The Balaban J connectivity index is 2.05. The van der Waals surface area contributed by atoms with E-state index in [9.17, 15) is 9.59 Å². The highest BCUT2D eigenvalue weighted by atomic mass is 16.5. The molecule has 0 bridgehead atoms. The molecule has 0 aliphatic carbocycles. The maximum Gasteiger partial charge on any atom is 0.229 e. The minimum Gasteiger partial charge on any atom is -0.493 e. The van der Waals surface area contributed by atoms with Gasteiger partial charge in [0.15, 0.2) is 11.5 Å². The summed E-state index contributed by atoms with van der Waals surface area (Å²) in [4.78, 5) is 26.3. The number of carbonyl (C=O) groups is 2. The highest BCUT2D eigenvalue weighted by Crippen LogP contribution is 2.40. The Labute approximate surface area is 153 Å². The zero-order valence-corrected chi connectivity index (χ0v) is 15.7. The molecule has 8 nitrogen and oxygen atoms in total. The molecule has 1 saturated heterocycles. The number of likely N-dealkylation sites (tertiary alicyclic amines) is 1. The van der Waals surface area contributed by atoms with Crippen LogP contribution in [-0.2, 0) is 14.3 Å². The highest BCUT2D eigenvalue weighted by Gasteiger charge is 2.34. The molecule has 0 spiro atoms. The number of hydrogen-bond acceptors (Lipinski definition) is 6. The van der Waals surface area contributed by atoms with E-state index in [2.05, 4.69) is 5.32 Å². The fourth-order valence-electron chi connectivity index (χ4n) is 2.96. The van der Waals surface area contributed by atoms with Crippen molar-refractivity contribution >= 4 is 17.5 Å². The third kappa shape index (κ3) is 4.57. The van der Waals surface area contributed by atoms with Crippen LogP contribution in [0.2, 0.25) is 0 Å². The van der Waals surface area contributed by atoms with Gasteiger partial charge in [-0.15, -0.1) is 0 Å². The summed E-state index contributed by atoms with van der Waals surface area (Å²) in [5.41, 5.74) is 0.523. The van der Waals surface area contributed by atoms with Crippen LogP contribution in [0.5, 0.6) is 17.2 Å². The molecule has 0 aromatic heterocycles. The number of amides is 2. The molecule has 1 atom stereocenters. The minimum absolute atomic E-state index is 0.00820. The molecule has 1 fully saturated rings. The molecule has 0 radical (unpaired) electrons. The third-order valence-corrected chi connectivity index (χ3v) is 4.29. The van der Waals surface area contributed by atoms with Crippen LogP contribution in [0.25, 0.3) is 0 Å². The molecule has 1 aromatic rings. The fourth-order valence-corrected chi connectivity index (χ4v) is 2.96. The lowest BCUT2D eigenvalue weighted by molar-refractivity contribution is -0.128. The third-order valence-electron chi connectivity index (χ3n) is 4.29. The van der Waals surface area contributed by atoms with Crippen molar-refractivity contribution in [3.8, 4) is 17.2 Å². The fraction of sp³-hybridized carbons (Fsp3) is 0.556. The molecule has 2 rings (SSSR count). The Kier molecular flexibility index (Phi) is 7.08. The number of rotatable bonds is 9. The van der Waals surface area contributed by atoms with E-state index in [4.69, 9.17) is 18.9 Å². The SMILES string of the molecule is COCCCN1CC(C(=O)Nc2cc(OC)c(OC)c(OC)c2)CC1=O. The Morgan fingerprint density at radius 3 is 2.35 bits per heavy atom. The monoisotopic (exact) mass is 366 g/mol. The maximum atomic E-state index is 12.6. The lowest BCUT2D eigenvalue weighted by Gasteiger charge is -2.17. The van der Waals surface area contributed by atoms with Crippen molar-refractivity contribution in [1.29, 1.82) is 0 Å². The highest BCUT2D eigenvalue weighted by molar-refractivity contribution is 5.97. The molecule has 0 saturated carbocycles. The topological polar surface area (TPSA) is 86.3 Å². The van der Waals surface area contributed by atoms with Crippen molar-refractivity contribution in [3.63, 3.8) is 0 Å². The number of benzene rings is 1. The molecule has 1 heterocycles. The Hall–Kier alpha value is -2.48. The second-order valence-electron chi connectivity index (χ2n) is 5.99. The maximum absolute atomic E-state index is 12.6. The van der Waals surface area contributed by atoms with Crippen molar-refractivity contribution in [3.05, 3.63) is 12.1 Å². The minimum atomic E-state index is -0.385. The zero-order chi connectivity index (χ0) is 19.1. The lowest BCUT2D eigenvalue weighted by atomic mass is 10.1.